The maximum Gasteiger partial charge on any atom is 0.365 e. The van der Waals surface area contributed by atoms with E-state index < -0.39 is 5.97 Å². The number of piperazine rings is 1. The van der Waals surface area contributed by atoms with E-state index in [1.165, 1.54) is 0 Å². The fraction of sp³-hybridized carbons (Fsp3) is 0.167. The summed E-state index contributed by atoms with van der Waals surface area (Å²) in [7, 11) is 0. The predicted octanol–water partition coefficient (Wildman–Crippen LogP) is 2.64. The second-order valence-electron chi connectivity index (χ2n) is 7.53. The third kappa shape index (κ3) is 4.02. The van der Waals surface area contributed by atoms with Crippen LogP contribution in [0.2, 0.25) is 0 Å². The second-order valence-corrected chi connectivity index (χ2v) is 7.53. The van der Waals surface area contributed by atoms with Gasteiger partial charge in [-0.15, -0.1) is 0 Å². The van der Waals surface area contributed by atoms with Gasteiger partial charge in [-0.05, 0) is 29.0 Å². The first kappa shape index (κ1) is 19.7. The summed E-state index contributed by atoms with van der Waals surface area (Å²) in [5.41, 5.74) is 7.26. The number of carbonyl (C=O) groups is 1. The van der Waals surface area contributed by atoms with Gasteiger partial charge < -0.3 is 20.3 Å². The fourth-order valence-electron chi connectivity index (χ4n) is 3.79. The van der Waals surface area contributed by atoms with Crippen molar-refractivity contribution in [2.75, 3.05) is 26.2 Å². The number of pyridine rings is 1. The molecule has 3 aromatic rings. The molecule has 0 amide bonds. The summed E-state index contributed by atoms with van der Waals surface area (Å²) in [6, 6.07) is 19.4. The number of nitrogens with two attached hydrogens (primary N) is 1. The fourth-order valence-corrected chi connectivity index (χ4v) is 3.79. The number of hydrogen-bond acceptors (Lipinski definition) is 6. The number of cyclic esters (lactones) is 1. The molecule has 0 radical (unpaired) electrons. The number of carbonyl (C=O) groups excluding carboxylic acids is 1. The molecule has 8 heteroatoms. The van der Waals surface area contributed by atoms with Gasteiger partial charge in [-0.3, -0.25) is 0 Å². The van der Waals surface area contributed by atoms with Crippen LogP contribution in [0, 0.1) is 0 Å². The molecule has 0 atom stereocenters. The molecule has 3 heterocycles. The minimum atomic E-state index is -0.438. The standard InChI is InChI=1S/C24H22N6O2/c25-24(28-21-10-3-4-11-26-21)30-14-12-29(13-15-30)16-20-23(31)32-22(27-20)19-9-5-7-17-6-1-2-8-18(17)19/h1-11,16H,12-15H2,(H2,25,26,28). The van der Waals surface area contributed by atoms with Crippen LogP contribution < -0.4 is 5.73 Å². The first-order chi connectivity index (χ1) is 15.7. The Morgan fingerprint density at radius 3 is 2.59 bits per heavy atom. The quantitative estimate of drug-likeness (QED) is 0.299. The number of nitrogens with zero attached hydrogens (tertiary/aromatic N) is 5. The molecule has 5 rings (SSSR count). The molecule has 0 unspecified atom stereocenters. The highest BCUT2D eigenvalue weighted by molar-refractivity contribution is 6.16. The summed E-state index contributed by atoms with van der Waals surface area (Å²) in [5.74, 6) is 0.918. The zero-order chi connectivity index (χ0) is 21.9. The van der Waals surface area contributed by atoms with Crippen LogP contribution in [-0.2, 0) is 9.53 Å². The number of ether oxygens (including phenoxy) is 1. The molecule has 1 fully saturated rings. The Labute approximate surface area is 185 Å². The van der Waals surface area contributed by atoms with Crippen LogP contribution in [0.3, 0.4) is 0 Å². The number of hydrogen-bond donors (Lipinski definition) is 1. The molecule has 0 spiro atoms. The Bertz CT molecular complexity index is 1240. The zero-order valence-electron chi connectivity index (χ0n) is 17.4. The Hall–Kier alpha value is -4.20. The highest BCUT2D eigenvalue weighted by atomic mass is 16.6. The maximum absolute atomic E-state index is 12.5. The monoisotopic (exact) mass is 426 g/mol. The van der Waals surface area contributed by atoms with Crippen molar-refractivity contribution in [1.29, 1.82) is 0 Å². The van der Waals surface area contributed by atoms with Gasteiger partial charge in [0.1, 0.15) is 0 Å². The van der Waals surface area contributed by atoms with Crippen LogP contribution in [0.25, 0.3) is 10.8 Å². The summed E-state index contributed by atoms with van der Waals surface area (Å²) in [5, 5.41) is 2.07. The number of aliphatic imine (C=N–C) groups is 2. The highest BCUT2D eigenvalue weighted by Gasteiger charge is 2.27. The topological polar surface area (TPSA) is 96.4 Å². The average Bonchev–Trinajstić information content (AvgIpc) is 3.19. The largest absolute Gasteiger partial charge is 0.402 e. The Balaban J connectivity index is 1.29. The number of benzene rings is 2. The van der Waals surface area contributed by atoms with Crippen molar-refractivity contribution in [3.05, 3.63) is 84.3 Å². The smallest absolute Gasteiger partial charge is 0.365 e. The van der Waals surface area contributed by atoms with E-state index in [9.17, 15) is 4.79 Å². The molecule has 1 aromatic heterocycles. The maximum atomic E-state index is 12.5. The molecule has 32 heavy (non-hydrogen) atoms. The Kier molecular flexibility index (Phi) is 5.25. The molecule has 2 N–H and O–H groups in total. The van der Waals surface area contributed by atoms with Gasteiger partial charge in [0.15, 0.2) is 17.5 Å². The van der Waals surface area contributed by atoms with E-state index in [1.54, 1.807) is 12.4 Å². The number of fused-ring (bicyclic) bond motifs is 1. The van der Waals surface area contributed by atoms with Gasteiger partial charge in [0.2, 0.25) is 5.90 Å². The minimum Gasteiger partial charge on any atom is -0.402 e. The third-order valence-electron chi connectivity index (χ3n) is 5.46. The summed E-state index contributed by atoms with van der Waals surface area (Å²) in [4.78, 5) is 29.5. The molecule has 0 aliphatic carbocycles. The Morgan fingerprint density at radius 1 is 1.00 bits per heavy atom. The lowest BCUT2D eigenvalue weighted by molar-refractivity contribution is -0.130. The summed E-state index contributed by atoms with van der Waals surface area (Å²) in [6.45, 7) is 2.74. The van der Waals surface area contributed by atoms with Gasteiger partial charge in [0.25, 0.3) is 0 Å². The van der Waals surface area contributed by atoms with Crippen LogP contribution in [0.5, 0.6) is 0 Å². The normalized spacial score (nSPS) is 18.2. The number of guanidine groups is 1. The van der Waals surface area contributed by atoms with E-state index in [0.29, 0.717) is 49.6 Å². The van der Waals surface area contributed by atoms with Gasteiger partial charge in [-0.1, -0.05) is 42.5 Å². The van der Waals surface area contributed by atoms with Crippen LogP contribution in [0.15, 0.2) is 88.7 Å². The van der Waals surface area contributed by atoms with E-state index in [4.69, 9.17) is 10.5 Å². The molecular weight excluding hydrogens is 404 g/mol. The number of aromatic nitrogens is 1. The van der Waals surface area contributed by atoms with E-state index in [2.05, 4.69) is 19.9 Å². The van der Waals surface area contributed by atoms with Crippen molar-refractivity contribution in [3.63, 3.8) is 0 Å². The first-order valence-electron chi connectivity index (χ1n) is 10.4. The molecule has 8 nitrogen and oxygen atoms in total. The number of esters is 1. The van der Waals surface area contributed by atoms with E-state index in [1.807, 2.05) is 65.6 Å². The third-order valence-corrected chi connectivity index (χ3v) is 5.46. The molecule has 0 saturated carbocycles. The lowest BCUT2D eigenvalue weighted by Gasteiger charge is -2.34. The van der Waals surface area contributed by atoms with Crippen LogP contribution in [0.4, 0.5) is 5.82 Å². The summed E-state index contributed by atoms with van der Waals surface area (Å²) >= 11 is 0. The van der Waals surface area contributed by atoms with Crippen molar-refractivity contribution in [2.45, 2.75) is 0 Å². The van der Waals surface area contributed by atoms with Gasteiger partial charge in [-0.25, -0.2) is 14.8 Å². The van der Waals surface area contributed by atoms with Crippen molar-refractivity contribution >= 4 is 34.4 Å². The van der Waals surface area contributed by atoms with Crippen LogP contribution in [-0.4, -0.2) is 58.8 Å². The molecule has 0 bridgehead atoms. The van der Waals surface area contributed by atoms with Gasteiger partial charge >= 0.3 is 5.97 Å². The molecular formula is C24H22N6O2. The lowest BCUT2D eigenvalue weighted by Crippen LogP contribution is -2.49. The summed E-state index contributed by atoms with van der Waals surface area (Å²) in [6.07, 6.45) is 3.45. The van der Waals surface area contributed by atoms with Gasteiger partial charge in [0.05, 0.1) is 0 Å². The van der Waals surface area contributed by atoms with E-state index in [0.717, 1.165) is 16.3 Å². The minimum absolute atomic E-state index is 0.302. The molecule has 2 aromatic carbocycles. The molecule has 160 valence electrons. The van der Waals surface area contributed by atoms with Crippen LogP contribution in [0.1, 0.15) is 5.56 Å². The lowest BCUT2D eigenvalue weighted by atomic mass is 10.0. The van der Waals surface area contributed by atoms with E-state index in [-0.39, 0.29) is 0 Å². The van der Waals surface area contributed by atoms with Gasteiger partial charge in [0, 0.05) is 44.1 Å². The van der Waals surface area contributed by atoms with Crippen molar-refractivity contribution in [3.8, 4) is 0 Å². The highest BCUT2D eigenvalue weighted by Crippen LogP contribution is 2.24. The average molecular weight is 426 g/mol. The Morgan fingerprint density at radius 2 is 1.78 bits per heavy atom. The van der Waals surface area contributed by atoms with Crippen molar-refractivity contribution < 1.29 is 9.53 Å². The van der Waals surface area contributed by atoms with Crippen LogP contribution >= 0.6 is 0 Å². The van der Waals surface area contributed by atoms with Crippen molar-refractivity contribution in [1.82, 2.24) is 14.8 Å². The van der Waals surface area contributed by atoms with Gasteiger partial charge in [-0.2, -0.15) is 4.99 Å². The molecule has 1 saturated heterocycles. The second kappa shape index (κ2) is 8.50. The zero-order valence-corrected chi connectivity index (χ0v) is 17.4. The van der Waals surface area contributed by atoms with Crippen molar-refractivity contribution in [2.24, 2.45) is 15.7 Å². The first-order valence-corrected chi connectivity index (χ1v) is 10.4. The SMILES string of the molecule is NC(=Nc1ccccn1)N1CCN(C=C2N=C(c3cccc4ccccc34)OC2=O)CC1. The molecule has 2 aliphatic heterocycles. The predicted molar refractivity (Wildman–Crippen MR) is 123 cm³/mol. The summed E-state index contributed by atoms with van der Waals surface area (Å²) < 4.78 is 5.50. The number of rotatable bonds is 3. The van der Waals surface area contributed by atoms with E-state index >= 15 is 0 Å². The molecule has 2 aliphatic rings.